The number of nitrogens with two attached hydrogens (primary N) is 1. The van der Waals surface area contributed by atoms with Crippen molar-refractivity contribution in [3.8, 4) is 0 Å². The SMILES string of the molecule is CN.c1ccc2c(c1)CCN2. The van der Waals surface area contributed by atoms with Crippen LogP contribution in [0.25, 0.3) is 0 Å². The van der Waals surface area contributed by atoms with Gasteiger partial charge in [-0.1, -0.05) is 18.2 Å². The molecule has 0 saturated carbocycles. The van der Waals surface area contributed by atoms with E-state index in [2.05, 4.69) is 35.3 Å². The fraction of sp³-hybridized carbons (Fsp3) is 0.333. The molecule has 2 rings (SSSR count). The van der Waals surface area contributed by atoms with Crippen LogP contribution in [0.15, 0.2) is 24.3 Å². The minimum atomic E-state index is 1.11. The van der Waals surface area contributed by atoms with Crippen molar-refractivity contribution < 1.29 is 0 Å². The maximum atomic E-state index is 4.50. The van der Waals surface area contributed by atoms with Gasteiger partial charge in [-0.3, -0.25) is 0 Å². The molecule has 2 nitrogen and oxygen atoms in total. The molecule has 1 heterocycles. The van der Waals surface area contributed by atoms with Crippen LogP contribution in [0.5, 0.6) is 0 Å². The molecule has 0 saturated heterocycles. The number of hydrogen-bond donors (Lipinski definition) is 2. The standard InChI is InChI=1S/C8H9N.CH5N/c1-2-4-8-7(3-1)5-6-9-8;1-2/h1-4,9H,5-6H2;2H2,1H3. The van der Waals surface area contributed by atoms with Crippen molar-refractivity contribution in [2.45, 2.75) is 6.42 Å². The molecule has 1 aliphatic rings. The van der Waals surface area contributed by atoms with E-state index in [1.54, 1.807) is 0 Å². The van der Waals surface area contributed by atoms with Crippen molar-refractivity contribution in [3.05, 3.63) is 29.8 Å². The first-order valence-corrected chi connectivity index (χ1v) is 3.86. The van der Waals surface area contributed by atoms with Crippen LogP contribution in [0.4, 0.5) is 5.69 Å². The summed E-state index contributed by atoms with van der Waals surface area (Å²) < 4.78 is 0. The van der Waals surface area contributed by atoms with Crippen LogP contribution in [0.1, 0.15) is 5.56 Å². The van der Waals surface area contributed by atoms with Gasteiger partial charge in [-0.25, -0.2) is 0 Å². The fourth-order valence-electron chi connectivity index (χ4n) is 1.24. The highest BCUT2D eigenvalue weighted by atomic mass is 14.9. The van der Waals surface area contributed by atoms with E-state index in [-0.39, 0.29) is 0 Å². The molecule has 0 atom stereocenters. The smallest absolute Gasteiger partial charge is 0.0373 e. The molecule has 0 unspecified atom stereocenters. The lowest BCUT2D eigenvalue weighted by atomic mass is 10.2. The largest absolute Gasteiger partial charge is 0.384 e. The van der Waals surface area contributed by atoms with E-state index < -0.39 is 0 Å². The summed E-state index contributed by atoms with van der Waals surface area (Å²) in [6.07, 6.45) is 1.19. The number of benzene rings is 1. The second-order valence-corrected chi connectivity index (χ2v) is 2.33. The molecule has 0 fully saturated rings. The van der Waals surface area contributed by atoms with Gasteiger partial charge in [0.1, 0.15) is 0 Å². The van der Waals surface area contributed by atoms with Crippen molar-refractivity contribution in [1.29, 1.82) is 0 Å². The van der Waals surface area contributed by atoms with Crippen LogP contribution in [0.2, 0.25) is 0 Å². The Bertz CT molecular complexity index is 198. The number of hydrogen-bond acceptors (Lipinski definition) is 2. The van der Waals surface area contributed by atoms with Crippen LogP contribution >= 0.6 is 0 Å². The summed E-state index contributed by atoms with van der Waals surface area (Å²) in [5.74, 6) is 0. The maximum Gasteiger partial charge on any atom is 0.0373 e. The molecular formula is C9H14N2. The Labute approximate surface area is 67.4 Å². The minimum absolute atomic E-state index is 1.11. The molecule has 1 aromatic rings. The number of fused-ring (bicyclic) bond motifs is 1. The van der Waals surface area contributed by atoms with Gasteiger partial charge in [-0.2, -0.15) is 0 Å². The Morgan fingerprint density at radius 3 is 2.73 bits per heavy atom. The maximum absolute atomic E-state index is 4.50. The summed E-state index contributed by atoms with van der Waals surface area (Å²) in [5, 5.41) is 3.30. The van der Waals surface area contributed by atoms with Crippen LogP contribution < -0.4 is 11.1 Å². The molecule has 0 spiro atoms. The lowest BCUT2D eigenvalue weighted by Gasteiger charge is -1.94. The molecular weight excluding hydrogens is 136 g/mol. The van der Waals surface area contributed by atoms with Crippen LogP contribution in [-0.4, -0.2) is 13.6 Å². The Morgan fingerprint density at radius 2 is 2.00 bits per heavy atom. The number of para-hydroxylation sites is 1. The van der Waals surface area contributed by atoms with Gasteiger partial charge in [-0.05, 0) is 25.1 Å². The quantitative estimate of drug-likeness (QED) is 0.583. The highest BCUT2D eigenvalue weighted by Crippen LogP contribution is 2.19. The highest BCUT2D eigenvalue weighted by Gasteiger charge is 2.05. The molecule has 0 aliphatic carbocycles. The van der Waals surface area contributed by atoms with Crippen molar-refractivity contribution in [2.75, 3.05) is 18.9 Å². The molecule has 1 aromatic carbocycles. The zero-order chi connectivity index (χ0) is 8.10. The molecule has 0 bridgehead atoms. The average Bonchev–Trinajstić information content (AvgIpc) is 2.55. The molecule has 60 valence electrons. The Kier molecular flexibility index (Phi) is 2.93. The highest BCUT2D eigenvalue weighted by molar-refractivity contribution is 5.54. The monoisotopic (exact) mass is 150 g/mol. The minimum Gasteiger partial charge on any atom is -0.384 e. The predicted molar refractivity (Wildman–Crippen MR) is 48.7 cm³/mol. The molecule has 11 heavy (non-hydrogen) atoms. The predicted octanol–water partition coefficient (Wildman–Crippen LogP) is 1.23. The Morgan fingerprint density at radius 1 is 1.27 bits per heavy atom. The zero-order valence-electron chi connectivity index (χ0n) is 6.80. The summed E-state index contributed by atoms with van der Waals surface area (Å²) in [6.45, 7) is 1.11. The van der Waals surface area contributed by atoms with Gasteiger partial charge >= 0.3 is 0 Å². The normalized spacial score (nSPS) is 12.5. The van der Waals surface area contributed by atoms with Gasteiger partial charge in [0.2, 0.25) is 0 Å². The van der Waals surface area contributed by atoms with E-state index in [0.29, 0.717) is 0 Å². The number of anilines is 1. The van der Waals surface area contributed by atoms with E-state index in [1.165, 1.54) is 24.7 Å². The summed E-state index contributed by atoms with van der Waals surface area (Å²) in [4.78, 5) is 0. The van der Waals surface area contributed by atoms with Gasteiger partial charge in [-0.15, -0.1) is 0 Å². The molecule has 2 heteroatoms. The van der Waals surface area contributed by atoms with Gasteiger partial charge in [0.15, 0.2) is 0 Å². The van der Waals surface area contributed by atoms with Crippen LogP contribution in [0.3, 0.4) is 0 Å². The summed E-state index contributed by atoms with van der Waals surface area (Å²) >= 11 is 0. The average molecular weight is 150 g/mol. The third-order valence-electron chi connectivity index (χ3n) is 1.73. The number of nitrogens with one attached hydrogen (secondary N) is 1. The van der Waals surface area contributed by atoms with Gasteiger partial charge in [0.25, 0.3) is 0 Å². The van der Waals surface area contributed by atoms with Crippen molar-refractivity contribution in [3.63, 3.8) is 0 Å². The van der Waals surface area contributed by atoms with E-state index in [4.69, 9.17) is 0 Å². The summed E-state index contributed by atoms with van der Waals surface area (Å²) in [5.41, 5.74) is 7.27. The van der Waals surface area contributed by atoms with E-state index in [0.717, 1.165) is 6.54 Å². The number of rotatable bonds is 0. The Balaban J connectivity index is 0.000000281. The van der Waals surface area contributed by atoms with Gasteiger partial charge < -0.3 is 11.1 Å². The first-order valence-electron chi connectivity index (χ1n) is 3.86. The fourth-order valence-corrected chi connectivity index (χ4v) is 1.24. The third-order valence-corrected chi connectivity index (χ3v) is 1.73. The lowest BCUT2D eigenvalue weighted by molar-refractivity contribution is 1.11. The Hall–Kier alpha value is -1.02. The summed E-state index contributed by atoms with van der Waals surface area (Å²) in [6, 6.07) is 8.46. The van der Waals surface area contributed by atoms with E-state index >= 15 is 0 Å². The van der Waals surface area contributed by atoms with Crippen molar-refractivity contribution in [2.24, 2.45) is 5.73 Å². The molecule has 0 amide bonds. The summed E-state index contributed by atoms with van der Waals surface area (Å²) in [7, 11) is 1.50. The topological polar surface area (TPSA) is 38.0 Å². The second kappa shape index (κ2) is 3.98. The molecule has 0 radical (unpaired) electrons. The van der Waals surface area contributed by atoms with Gasteiger partial charge in [0.05, 0.1) is 0 Å². The van der Waals surface area contributed by atoms with Crippen molar-refractivity contribution >= 4 is 5.69 Å². The first-order chi connectivity index (χ1) is 5.47. The molecule has 1 aliphatic heterocycles. The van der Waals surface area contributed by atoms with Crippen molar-refractivity contribution in [1.82, 2.24) is 0 Å². The first kappa shape index (κ1) is 8.08. The van der Waals surface area contributed by atoms with E-state index in [1.807, 2.05) is 0 Å². The second-order valence-electron chi connectivity index (χ2n) is 2.33. The van der Waals surface area contributed by atoms with E-state index in [9.17, 15) is 0 Å². The lowest BCUT2D eigenvalue weighted by Crippen LogP contribution is -1.90. The van der Waals surface area contributed by atoms with Gasteiger partial charge in [0, 0.05) is 12.2 Å². The molecule has 3 N–H and O–H groups in total. The third kappa shape index (κ3) is 1.71. The van der Waals surface area contributed by atoms with Crippen LogP contribution in [-0.2, 0) is 6.42 Å². The zero-order valence-corrected chi connectivity index (χ0v) is 6.80. The van der Waals surface area contributed by atoms with Crippen LogP contribution in [0, 0.1) is 0 Å². The molecule has 0 aromatic heterocycles.